The van der Waals surface area contributed by atoms with Crippen molar-refractivity contribution in [3.05, 3.63) is 84.2 Å². The third-order valence-corrected chi connectivity index (χ3v) is 12.2. The first-order valence-electron chi connectivity index (χ1n) is 23.2. The van der Waals surface area contributed by atoms with E-state index in [0.29, 0.717) is 36.1 Å². The van der Waals surface area contributed by atoms with Crippen LogP contribution in [0, 0.1) is 17.3 Å². The van der Waals surface area contributed by atoms with Gasteiger partial charge in [-0.25, -0.2) is 5.01 Å². The molecule has 0 saturated carbocycles. The normalized spacial score (nSPS) is 16.1. The Balaban J connectivity index is 0.00000128. The fourth-order valence-corrected chi connectivity index (χ4v) is 8.53. The molecular weight excluding hydrogens is 851 g/mol. The van der Waals surface area contributed by atoms with Crippen LogP contribution in [0.3, 0.4) is 0 Å². The fourth-order valence-electron chi connectivity index (χ4n) is 8.53. The lowest BCUT2D eigenvalue weighted by Gasteiger charge is -2.41. The lowest BCUT2D eigenvalue weighted by Crippen LogP contribution is -2.60. The van der Waals surface area contributed by atoms with Gasteiger partial charge in [0.1, 0.15) is 18.1 Å². The number of likely N-dealkylation sites (tertiary alicyclic amines) is 1. The molecule has 0 aliphatic carbocycles. The van der Waals surface area contributed by atoms with Crippen molar-refractivity contribution in [3.63, 3.8) is 0 Å². The number of aryl methyl sites for hydroxylation is 1. The number of methoxy groups -OCH3 is 1. The topological polar surface area (TPSA) is 175 Å². The number of phenols is 1. The fraction of sp³-hybridized carbons (Fsp3) is 0.500. The molecule has 2 aliphatic heterocycles. The smallest absolute Gasteiger partial charge is 0.302 e. The second kappa shape index (κ2) is 24.7. The maximum absolute atomic E-state index is 13.7. The highest BCUT2D eigenvalue weighted by Gasteiger charge is 2.40. The van der Waals surface area contributed by atoms with Gasteiger partial charge in [-0.05, 0) is 104 Å². The highest BCUT2D eigenvalue weighted by molar-refractivity contribution is 5.94. The summed E-state index contributed by atoms with van der Waals surface area (Å²) in [6, 6.07) is 9.40. The maximum Gasteiger partial charge on any atom is 0.302 e. The van der Waals surface area contributed by atoms with Crippen LogP contribution in [0.25, 0.3) is 28.1 Å². The number of fused-ring (bicyclic) bond motifs is 1. The molecule has 67 heavy (non-hydrogen) atoms. The summed E-state index contributed by atoms with van der Waals surface area (Å²) >= 11 is 0. The van der Waals surface area contributed by atoms with E-state index in [0.717, 1.165) is 34.3 Å². The van der Waals surface area contributed by atoms with Crippen molar-refractivity contribution in [3.8, 4) is 16.9 Å². The molecule has 1 aromatic heterocycles. The Morgan fingerprint density at radius 3 is 2.34 bits per heavy atom. The molecule has 2 saturated heterocycles. The first-order valence-corrected chi connectivity index (χ1v) is 23.2. The largest absolute Gasteiger partial charge is 0.508 e. The van der Waals surface area contributed by atoms with Gasteiger partial charge < -0.3 is 39.1 Å². The quantitative estimate of drug-likeness (QED) is 0.0500. The summed E-state index contributed by atoms with van der Waals surface area (Å²) in [4.78, 5) is 70.8. The number of ether oxygens (including phenoxy) is 2. The number of nitrogens with zero attached hydrogens (tertiary/aromatic N) is 5. The average Bonchev–Trinajstić information content (AvgIpc) is 3.55. The Bertz CT molecular complexity index is 2300. The number of phenolic OH excluding ortho intramolecular Hbond substituents is 1. The van der Waals surface area contributed by atoms with Crippen LogP contribution < -0.4 is 10.7 Å². The zero-order chi connectivity index (χ0) is 49.6. The van der Waals surface area contributed by atoms with E-state index in [9.17, 15) is 29.1 Å². The standard InChI is InChI=1S/C47H61N5O8.C5H12N2/c1-12-17-48-40(30(6)59-11)23-42-39(24-47(8,9)28-60-31(7)54)38-22-33(15-16-41(38)52(42)14-3)34-18-32(20-37(55)21-34)19-36(27-53)49-45(57)44(29(4)5)50(10)46(58)35-25-51(26-35)43(56)13-2;1-7-5-3-2-4-6-7/h12-13,15-18,20-23,27,29-30,35-36,44,55H,1-2,14,19,24-26,28H2,3-11H3,(H,49,57);6H,2-5H2,1H3/b40-23+,48-17?;. The average molecular weight is 924 g/mol. The Hall–Kier alpha value is -5.90. The molecule has 0 spiro atoms. The number of carbonyl (C=O) groups is 5. The number of aliphatic imine (C=N–C) groups is 1. The SMILES string of the molecule is C=CC=N/C(=C/c1c(CC(C)(C)COC(C)=O)c2cc(-c3cc(O)cc(CC(C=O)NC(=O)C(C(C)C)N(C)C(=O)C4CN(C(=O)C=C)C4)c3)ccc2n1CC)C(C)OC.CN1CCCCN1. The highest BCUT2D eigenvalue weighted by Crippen LogP contribution is 2.38. The van der Waals surface area contributed by atoms with Crippen LogP contribution in [0.4, 0.5) is 0 Å². The number of aromatic nitrogens is 1. The minimum absolute atomic E-state index is 0.01000. The van der Waals surface area contributed by atoms with Crippen molar-refractivity contribution in [1.82, 2.24) is 30.1 Å². The van der Waals surface area contributed by atoms with Crippen molar-refractivity contribution >= 4 is 53.2 Å². The molecule has 0 bridgehead atoms. The number of nitrogens with one attached hydrogen (secondary N) is 2. The van der Waals surface area contributed by atoms with E-state index in [4.69, 9.17) is 9.47 Å². The van der Waals surface area contributed by atoms with E-state index in [1.54, 1.807) is 38.6 Å². The summed E-state index contributed by atoms with van der Waals surface area (Å²) in [5.41, 5.74) is 8.55. The van der Waals surface area contributed by atoms with Gasteiger partial charge in [0.2, 0.25) is 17.7 Å². The molecule has 3 amide bonds. The number of hydrazine groups is 1. The number of benzene rings is 2. The van der Waals surface area contributed by atoms with E-state index in [1.165, 1.54) is 42.2 Å². The molecule has 15 nitrogen and oxygen atoms in total. The van der Waals surface area contributed by atoms with Crippen molar-refractivity contribution in [2.75, 3.05) is 54.0 Å². The summed E-state index contributed by atoms with van der Waals surface area (Å²) in [5, 5.41) is 16.9. The van der Waals surface area contributed by atoms with Crippen LogP contribution in [0.1, 0.15) is 78.1 Å². The van der Waals surface area contributed by atoms with Crippen LogP contribution in [0.5, 0.6) is 5.75 Å². The molecule has 3 N–H and O–H groups in total. The second-order valence-corrected chi connectivity index (χ2v) is 18.6. The minimum Gasteiger partial charge on any atom is -0.508 e. The Morgan fingerprint density at radius 2 is 1.79 bits per heavy atom. The number of aldehydes is 1. The lowest BCUT2D eigenvalue weighted by molar-refractivity contribution is -0.151. The summed E-state index contributed by atoms with van der Waals surface area (Å²) in [6.45, 7) is 24.2. The van der Waals surface area contributed by atoms with Crippen molar-refractivity contribution < 1.29 is 38.6 Å². The molecule has 3 atom stereocenters. The molecule has 2 aromatic carbocycles. The third-order valence-electron chi connectivity index (χ3n) is 12.2. The first kappa shape index (κ1) is 53.7. The molecule has 364 valence electrons. The monoisotopic (exact) mass is 924 g/mol. The van der Waals surface area contributed by atoms with Crippen molar-refractivity contribution in [2.24, 2.45) is 22.2 Å². The van der Waals surface area contributed by atoms with Crippen LogP contribution in [0.15, 0.2) is 72.4 Å². The molecule has 2 aliphatic rings. The molecule has 3 unspecified atom stereocenters. The molecule has 3 aromatic rings. The van der Waals surface area contributed by atoms with Gasteiger partial charge in [0.15, 0.2) is 0 Å². The second-order valence-electron chi connectivity index (χ2n) is 18.6. The summed E-state index contributed by atoms with van der Waals surface area (Å²) in [6.07, 6.45) is 10.1. The van der Waals surface area contributed by atoms with Gasteiger partial charge in [0, 0.05) is 89.1 Å². The first-order chi connectivity index (χ1) is 31.8. The Labute approximate surface area is 396 Å². The van der Waals surface area contributed by atoms with Gasteiger partial charge in [-0.15, -0.1) is 0 Å². The van der Waals surface area contributed by atoms with E-state index in [2.05, 4.69) is 72.4 Å². The minimum atomic E-state index is -0.949. The van der Waals surface area contributed by atoms with Gasteiger partial charge in [-0.2, -0.15) is 0 Å². The summed E-state index contributed by atoms with van der Waals surface area (Å²) < 4.78 is 13.4. The van der Waals surface area contributed by atoms with Crippen LogP contribution in [-0.2, 0) is 52.8 Å². The van der Waals surface area contributed by atoms with Gasteiger partial charge in [0.25, 0.3) is 0 Å². The third kappa shape index (κ3) is 14.5. The maximum atomic E-state index is 13.7. The van der Waals surface area contributed by atoms with Crippen LogP contribution in [0.2, 0.25) is 0 Å². The lowest BCUT2D eigenvalue weighted by atomic mass is 9.85. The van der Waals surface area contributed by atoms with Gasteiger partial charge >= 0.3 is 5.97 Å². The van der Waals surface area contributed by atoms with Gasteiger partial charge in [0.05, 0.1) is 30.4 Å². The number of esters is 1. The zero-order valence-electron chi connectivity index (χ0n) is 41.3. The number of likely N-dealkylation sites (N-methyl/N-ethyl adjacent to an activating group) is 1. The predicted molar refractivity (Wildman–Crippen MR) is 265 cm³/mol. The molecular formula is C52H73N7O8. The van der Waals surface area contributed by atoms with E-state index < -0.39 is 29.3 Å². The molecule has 0 radical (unpaired) electrons. The number of rotatable bonds is 20. The number of amides is 3. The Kier molecular flexibility index (Phi) is 19.8. The van der Waals surface area contributed by atoms with Crippen LogP contribution in [-0.4, -0.2) is 133 Å². The number of hydrogen-bond acceptors (Lipinski definition) is 11. The van der Waals surface area contributed by atoms with Crippen molar-refractivity contribution in [2.45, 2.75) is 98.9 Å². The predicted octanol–water partition coefficient (Wildman–Crippen LogP) is 6.37. The van der Waals surface area contributed by atoms with Gasteiger partial charge in [-0.3, -0.25) is 29.6 Å². The van der Waals surface area contributed by atoms with E-state index in [-0.39, 0.29) is 61.7 Å². The molecule has 3 heterocycles. The van der Waals surface area contributed by atoms with E-state index in [1.807, 2.05) is 45.0 Å². The molecule has 2 fully saturated rings. The van der Waals surface area contributed by atoms with Crippen molar-refractivity contribution in [1.29, 1.82) is 0 Å². The van der Waals surface area contributed by atoms with Crippen LogP contribution >= 0.6 is 0 Å². The molecule has 5 rings (SSSR count). The summed E-state index contributed by atoms with van der Waals surface area (Å²) in [5.74, 6) is -2.05. The Morgan fingerprint density at radius 1 is 1.07 bits per heavy atom. The number of aromatic hydroxyl groups is 1. The van der Waals surface area contributed by atoms with E-state index >= 15 is 0 Å². The summed E-state index contributed by atoms with van der Waals surface area (Å²) in [7, 11) is 5.28. The zero-order valence-corrected chi connectivity index (χ0v) is 41.3. The number of carbonyl (C=O) groups excluding carboxylic acids is 5. The molecule has 15 heteroatoms. The van der Waals surface area contributed by atoms with Gasteiger partial charge in [-0.1, -0.05) is 59.1 Å². The number of hydrogen-bond donors (Lipinski definition) is 3. The number of allylic oxidation sites excluding steroid dienone is 1. The highest BCUT2D eigenvalue weighted by atomic mass is 16.5.